The van der Waals surface area contributed by atoms with Crippen LogP contribution >= 0.6 is 11.8 Å². The molecule has 1 aliphatic carbocycles. The third-order valence-corrected chi connectivity index (χ3v) is 8.62. The van der Waals surface area contributed by atoms with Gasteiger partial charge >= 0.3 is 0 Å². The third-order valence-electron chi connectivity index (χ3n) is 6.84. The van der Waals surface area contributed by atoms with Gasteiger partial charge in [-0.15, -0.1) is 11.8 Å². The molecule has 198 valence electrons. The molecule has 1 aromatic carbocycles. The Morgan fingerprint density at radius 1 is 1.22 bits per heavy atom. The lowest BCUT2D eigenvalue weighted by Gasteiger charge is -2.35. The number of amides is 1. The van der Waals surface area contributed by atoms with Crippen LogP contribution in [-0.4, -0.2) is 74.0 Å². The van der Waals surface area contributed by atoms with E-state index in [-0.39, 0.29) is 18.1 Å². The number of nitrogens with zero attached hydrogens (tertiary/aromatic N) is 2. The number of sulfonamides is 1. The molecule has 10 heteroatoms. The van der Waals surface area contributed by atoms with E-state index in [9.17, 15) is 13.2 Å². The number of fused-ring (bicyclic) bond motifs is 1. The zero-order valence-electron chi connectivity index (χ0n) is 21.5. The van der Waals surface area contributed by atoms with Gasteiger partial charge in [-0.05, 0) is 71.0 Å². The molecule has 2 aromatic rings. The van der Waals surface area contributed by atoms with Crippen LogP contribution in [0.1, 0.15) is 62.9 Å². The highest BCUT2D eigenvalue weighted by Gasteiger charge is 2.25. The van der Waals surface area contributed by atoms with Gasteiger partial charge in [-0.25, -0.2) is 18.1 Å². The highest BCUT2D eigenvalue weighted by molar-refractivity contribution is 7.99. The number of carbonyl (C=O) groups excluding carboxylic acids is 1. The molecule has 1 saturated carbocycles. The maximum atomic E-state index is 13.4. The average Bonchev–Trinajstić information content (AvgIpc) is 3.34. The van der Waals surface area contributed by atoms with Crippen LogP contribution in [0.3, 0.4) is 0 Å². The first-order valence-electron chi connectivity index (χ1n) is 12.9. The summed E-state index contributed by atoms with van der Waals surface area (Å²) in [5.41, 5.74) is 1.05. The van der Waals surface area contributed by atoms with Crippen LogP contribution in [0.2, 0.25) is 0 Å². The number of thioether (sulfide) groups is 1. The largest absolute Gasteiger partial charge is 0.488 e. The van der Waals surface area contributed by atoms with E-state index in [4.69, 9.17) is 9.72 Å². The molecule has 2 aliphatic rings. The van der Waals surface area contributed by atoms with Gasteiger partial charge in [-0.2, -0.15) is 0 Å². The zero-order valence-corrected chi connectivity index (χ0v) is 23.1. The molecule has 36 heavy (non-hydrogen) atoms. The third kappa shape index (κ3) is 7.34. The molecule has 0 spiro atoms. The van der Waals surface area contributed by atoms with Crippen molar-refractivity contribution in [1.29, 1.82) is 0 Å². The molecule has 1 saturated heterocycles. The lowest BCUT2D eigenvalue weighted by Crippen LogP contribution is -2.49. The number of hydrogen-bond acceptors (Lipinski definition) is 7. The summed E-state index contributed by atoms with van der Waals surface area (Å²) in [7, 11) is -3.25. The summed E-state index contributed by atoms with van der Waals surface area (Å²) in [4.78, 5) is 21.4. The Balaban J connectivity index is 1.59. The number of nitrogens with one attached hydrogen (secondary N) is 2. The standard InChI is InChI=1S/C26H38N4O4S2/c1-18(2)30-14-7-8-19(17-30)28-26(31)22-16-24(35-15-13-27-36(3,32)33)21-11-6-12-23(25(21)29-22)34-20-9-4-5-10-20/h6,11-12,16,18-20,27H,4-5,7-10,13-15,17H2,1-3H3,(H,28,31)/t19-/m1/s1. The first kappa shape index (κ1) is 27.2. The van der Waals surface area contributed by atoms with Crippen molar-refractivity contribution < 1.29 is 17.9 Å². The number of carbonyl (C=O) groups is 1. The molecule has 0 unspecified atom stereocenters. The molecule has 4 rings (SSSR count). The highest BCUT2D eigenvalue weighted by atomic mass is 32.2. The summed E-state index contributed by atoms with van der Waals surface area (Å²) in [6, 6.07) is 8.23. The van der Waals surface area contributed by atoms with Gasteiger partial charge in [0, 0.05) is 41.2 Å². The maximum Gasteiger partial charge on any atom is 0.270 e. The van der Waals surface area contributed by atoms with Gasteiger partial charge in [0.2, 0.25) is 10.0 Å². The van der Waals surface area contributed by atoms with E-state index in [0.29, 0.717) is 35.3 Å². The summed E-state index contributed by atoms with van der Waals surface area (Å²) >= 11 is 1.51. The predicted octanol–water partition coefficient (Wildman–Crippen LogP) is 3.80. The molecule has 0 bridgehead atoms. The number of benzene rings is 1. The number of rotatable bonds is 10. The molecular formula is C26H38N4O4S2. The zero-order chi connectivity index (χ0) is 25.7. The van der Waals surface area contributed by atoms with Crippen molar-refractivity contribution in [3.63, 3.8) is 0 Å². The van der Waals surface area contributed by atoms with E-state index in [1.807, 2.05) is 24.3 Å². The van der Waals surface area contributed by atoms with Gasteiger partial charge < -0.3 is 10.1 Å². The minimum Gasteiger partial charge on any atom is -0.488 e. The number of pyridine rings is 1. The normalized spacial score (nSPS) is 19.7. The summed E-state index contributed by atoms with van der Waals surface area (Å²) in [5, 5.41) is 4.12. The second-order valence-corrected chi connectivity index (χ2v) is 13.1. The van der Waals surface area contributed by atoms with Crippen molar-refractivity contribution in [2.45, 2.75) is 75.5 Å². The Bertz CT molecular complexity index is 1170. The Hall–Kier alpha value is -1.88. The quantitative estimate of drug-likeness (QED) is 0.353. The number of aromatic nitrogens is 1. The minimum atomic E-state index is -3.25. The van der Waals surface area contributed by atoms with Crippen molar-refractivity contribution in [1.82, 2.24) is 19.9 Å². The van der Waals surface area contributed by atoms with Gasteiger partial charge in [-0.3, -0.25) is 9.69 Å². The fourth-order valence-corrected chi connectivity index (χ4v) is 6.49. The van der Waals surface area contributed by atoms with E-state index < -0.39 is 10.0 Å². The summed E-state index contributed by atoms with van der Waals surface area (Å²) in [5.74, 6) is 1.06. The molecule has 8 nitrogen and oxygen atoms in total. The first-order valence-corrected chi connectivity index (χ1v) is 15.8. The molecule has 1 aliphatic heterocycles. The average molecular weight is 535 g/mol. The van der Waals surface area contributed by atoms with E-state index >= 15 is 0 Å². The molecular weight excluding hydrogens is 496 g/mol. The van der Waals surface area contributed by atoms with E-state index in [2.05, 4.69) is 28.8 Å². The topological polar surface area (TPSA) is 101 Å². The lowest BCUT2D eigenvalue weighted by molar-refractivity contribution is 0.0881. The SMILES string of the molecule is CC(C)N1CCC[C@@H](NC(=O)c2cc(SCCNS(C)(=O)=O)c3cccc(OC4CCCC4)c3n2)C1. The molecule has 2 N–H and O–H groups in total. The number of ether oxygens (including phenoxy) is 1. The van der Waals surface area contributed by atoms with Crippen LogP contribution in [0.25, 0.3) is 10.9 Å². The number of para-hydroxylation sites is 1. The summed E-state index contributed by atoms with van der Waals surface area (Å²) < 4.78 is 31.8. The summed E-state index contributed by atoms with van der Waals surface area (Å²) in [6.07, 6.45) is 7.74. The van der Waals surface area contributed by atoms with Crippen LogP contribution in [0, 0.1) is 0 Å². The second-order valence-electron chi connectivity index (χ2n) is 10.1. The molecule has 1 aromatic heterocycles. The maximum absolute atomic E-state index is 13.4. The van der Waals surface area contributed by atoms with Gasteiger partial charge in [0.15, 0.2) is 0 Å². The monoisotopic (exact) mass is 534 g/mol. The first-order chi connectivity index (χ1) is 17.2. The van der Waals surface area contributed by atoms with Crippen LogP contribution in [0.15, 0.2) is 29.2 Å². The van der Waals surface area contributed by atoms with E-state index in [0.717, 1.165) is 55.3 Å². The Labute approximate surface area is 219 Å². The molecule has 2 heterocycles. The van der Waals surface area contributed by atoms with Gasteiger partial charge in [0.25, 0.3) is 5.91 Å². The van der Waals surface area contributed by atoms with Gasteiger partial charge in [-0.1, -0.05) is 12.1 Å². The van der Waals surface area contributed by atoms with Crippen molar-refractivity contribution in [3.8, 4) is 5.75 Å². The molecule has 0 radical (unpaired) electrons. The number of likely N-dealkylation sites (tertiary alicyclic amines) is 1. The van der Waals surface area contributed by atoms with Crippen molar-refractivity contribution >= 4 is 38.6 Å². The molecule has 2 fully saturated rings. The lowest BCUT2D eigenvalue weighted by atomic mass is 10.0. The highest BCUT2D eigenvalue weighted by Crippen LogP contribution is 2.34. The smallest absolute Gasteiger partial charge is 0.270 e. The Morgan fingerprint density at radius 3 is 2.72 bits per heavy atom. The predicted molar refractivity (Wildman–Crippen MR) is 145 cm³/mol. The number of piperidine rings is 1. The molecule has 1 atom stereocenters. The van der Waals surface area contributed by atoms with Crippen LogP contribution in [-0.2, 0) is 10.0 Å². The Morgan fingerprint density at radius 2 is 2.00 bits per heavy atom. The van der Waals surface area contributed by atoms with Crippen molar-refractivity contribution in [3.05, 3.63) is 30.0 Å². The number of hydrogen-bond donors (Lipinski definition) is 2. The Kier molecular flexibility index (Phi) is 9.14. The summed E-state index contributed by atoms with van der Waals surface area (Å²) in [6.45, 7) is 6.57. The van der Waals surface area contributed by atoms with Gasteiger partial charge in [0.1, 0.15) is 17.0 Å². The van der Waals surface area contributed by atoms with Crippen LogP contribution in [0.4, 0.5) is 0 Å². The molecule has 1 amide bonds. The van der Waals surface area contributed by atoms with Crippen LogP contribution < -0.4 is 14.8 Å². The van der Waals surface area contributed by atoms with E-state index in [1.165, 1.54) is 24.6 Å². The van der Waals surface area contributed by atoms with Gasteiger partial charge in [0.05, 0.1) is 12.4 Å². The fourth-order valence-electron chi connectivity index (χ4n) is 4.95. The van der Waals surface area contributed by atoms with Crippen LogP contribution in [0.5, 0.6) is 5.75 Å². The fraction of sp³-hybridized carbons (Fsp3) is 0.615. The minimum absolute atomic E-state index is 0.0891. The van der Waals surface area contributed by atoms with E-state index in [1.54, 1.807) is 0 Å². The van der Waals surface area contributed by atoms with Crippen molar-refractivity contribution in [2.75, 3.05) is 31.6 Å². The van der Waals surface area contributed by atoms with Crippen molar-refractivity contribution in [2.24, 2.45) is 0 Å². The second kappa shape index (κ2) is 12.1.